The molecule has 226 valence electrons. The van der Waals surface area contributed by atoms with Gasteiger partial charge in [-0.15, -0.1) is 0 Å². The standard InChI is InChI=1S/C31H31NO11/c1-15(33)32-12-31-13-38-29(27(31)42-30(2,3)43-31)41-26-18-10-22(36-5)21(35-4)9-17(18)24(25-19(26)11-37-28(25)34)16-6-7-20-23(8-16)40-14-39-20/h6-10,27,29H,11-14H2,1-5H3,(H,32,33)/t27-,29+,31+/m0/s1. The van der Waals surface area contributed by atoms with Crippen LogP contribution in [0.4, 0.5) is 0 Å². The predicted molar refractivity (Wildman–Crippen MR) is 150 cm³/mol. The van der Waals surface area contributed by atoms with Crippen molar-refractivity contribution in [1.29, 1.82) is 0 Å². The van der Waals surface area contributed by atoms with E-state index in [0.29, 0.717) is 56.2 Å². The van der Waals surface area contributed by atoms with Gasteiger partial charge in [-0.2, -0.15) is 0 Å². The summed E-state index contributed by atoms with van der Waals surface area (Å²) in [6.45, 7) is 5.43. The van der Waals surface area contributed by atoms with Crippen molar-refractivity contribution in [1.82, 2.24) is 5.32 Å². The van der Waals surface area contributed by atoms with Crippen LogP contribution in [0.5, 0.6) is 28.7 Å². The third-order valence-corrected chi connectivity index (χ3v) is 8.06. The number of fused-ring (bicyclic) bond motifs is 4. The zero-order chi connectivity index (χ0) is 30.1. The molecule has 12 nitrogen and oxygen atoms in total. The van der Waals surface area contributed by atoms with E-state index >= 15 is 0 Å². The minimum Gasteiger partial charge on any atom is -0.493 e. The number of hydrogen-bond donors (Lipinski definition) is 1. The van der Waals surface area contributed by atoms with Gasteiger partial charge in [0.2, 0.25) is 19.0 Å². The van der Waals surface area contributed by atoms with Gasteiger partial charge in [-0.1, -0.05) is 6.07 Å². The van der Waals surface area contributed by atoms with Gasteiger partial charge in [0.25, 0.3) is 0 Å². The molecule has 4 aliphatic heterocycles. The molecule has 3 atom stereocenters. The molecule has 12 heteroatoms. The second kappa shape index (κ2) is 9.90. The molecule has 0 saturated carbocycles. The van der Waals surface area contributed by atoms with Crippen molar-refractivity contribution >= 4 is 22.6 Å². The normalized spacial score (nSPS) is 24.4. The first-order valence-electron chi connectivity index (χ1n) is 13.9. The maximum absolute atomic E-state index is 13.4. The summed E-state index contributed by atoms with van der Waals surface area (Å²) < 4.78 is 53.3. The van der Waals surface area contributed by atoms with Gasteiger partial charge in [-0.05, 0) is 49.1 Å². The number of nitrogens with one attached hydrogen (secondary N) is 1. The van der Waals surface area contributed by atoms with Crippen LogP contribution < -0.4 is 29.0 Å². The highest BCUT2D eigenvalue weighted by atomic mass is 16.8. The number of amides is 1. The van der Waals surface area contributed by atoms with E-state index in [-0.39, 0.29) is 32.5 Å². The van der Waals surface area contributed by atoms with Crippen LogP contribution in [-0.4, -0.2) is 69.8 Å². The maximum atomic E-state index is 13.4. The minimum absolute atomic E-state index is 0.0113. The molecule has 2 saturated heterocycles. The molecule has 0 aromatic heterocycles. The molecule has 4 heterocycles. The third-order valence-electron chi connectivity index (χ3n) is 8.06. The summed E-state index contributed by atoms with van der Waals surface area (Å²) in [4.78, 5) is 25.2. The number of cyclic esters (lactones) is 1. The fraction of sp³-hybridized carbons (Fsp3) is 0.419. The Morgan fingerprint density at radius 3 is 2.49 bits per heavy atom. The van der Waals surface area contributed by atoms with Gasteiger partial charge in [0.05, 0.1) is 32.9 Å². The van der Waals surface area contributed by atoms with Crippen LogP contribution in [0.1, 0.15) is 36.7 Å². The molecule has 3 aromatic carbocycles. The summed E-state index contributed by atoms with van der Waals surface area (Å²) >= 11 is 0. The Morgan fingerprint density at radius 1 is 1.00 bits per heavy atom. The highest BCUT2D eigenvalue weighted by Gasteiger charge is 2.62. The SMILES string of the molecule is COc1cc2c(O[C@H]3OC[C@@]4(CNC(C)=O)OC(C)(C)O[C@@H]34)c3c(c(-c4ccc5c(c4)OCO5)c2cc1OC)C(=O)OC3. The molecule has 2 fully saturated rings. The number of esters is 1. The largest absolute Gasteiger partial charge is 0.493 e. The second-order valence-electron chi connectivity index (χ2n) is 11.3. The lowest BCUT2D eigenvalue weighted by molar-refractivity contribution is -0.208. The Kier molecular flexibility index (Phi) is 6.35. The smallest absolute Gasteiger partial charge is 0.339 e. The minimum atomic E-state index is -0.974. The summed E-state index contributed by atoms with van der Waals surface area (Å²) in [5.74, 6) is 0.873. The van der Waals surface area contributed by atoms with Crippen molar-refractivity contribution < 1.29 is 52.2 Å². The van der Waals surface area contributed by atoms with E-state index in [1.54, 1.807) is 34.1 Å². The molecule has 0 radical (unpaired) electrons. The Morgan fingerprint density at radius 2 is 1.74 bits per heavy atom. The summed E-state index contributed by atoms with van der Waals surface area (Å²) in [6.07, 6.45) is -1.62. The van der Waals surface area contributed by atoms with E-state index in [1.807, 2.05) is 24.3 Å². The Labute approximate surface area is 247 Å². The molecular weight excluding hydrogens is 562 g/mol. The fourth-order valence-corrected chi connectivity index (χ4v) is 6.28. The maximum Gasteiger partial charge on any atom is 0.339 e. The monoisotopic (exact) mass is 593 g/mol. The molecule has 7 rings (SSSR count). The lowest BCUT2D eigenvalue weighted by Gasteiger charge is -2.27. The first-order valence-corrected chi connectivity index (χ1v) is 13.9. The average molecular weight is 594 g/mol. The van der Waals surface area contributed by atoms with Gasteiger partial charge in [0.15, 0.2) is 34.9 Å². The van der Waals surface area contributed by atoms with Gasteiger partial charge >= 0.3 is 5.97 Å². The van der Waals surface area contributed by atoms with Crippen LogP contribution in [0, 0.1) is 0 Å². The number of methoxy groups -OCH3 is 2. The predicted octanol–water partition coefficient (Wildman–Crippen LogP) is 3.68. The molecule has 0 unspecified atom stereocenters. The number of benzene rings is 3. The fourth-order valence-electron chi connectivity index (χ4n) is 6.28. The molecular formula is C31H31NO11. The van der Waals surface area contributed by atoms with Crippen LogP contribution >= 0.6 is 0 Å². The molecule has 3 aromatic rings. The number of ether oxygens (including phenoxy) is 9. The molecule has 0 aliphatic carbocycles. The Hall–Kier alpha value is -4.26. The molecule has 4 aliphatic rings. The van der Waals surface area contributed by atoms with Crippen LogP contribution in [0.3, 0.4) is 0 Å². The summed E-state index contributed by atoms with van der Waals surface area (Å²) in [5, 5.41) is 4.13. The number of carbonyl (C=O) groups excluding carboxylic acids is 2. The first-order chi connectivity index (χ1) is 20.6. The van der Waals surface area contributed by atoms with Crippen LogP contribution in [-0.2, 0) is 30.3 Å². The topological polar surface area (TPSA) is 129 Å². The van der Waals surface area contributed by atoms with E-state index in [1.165, 1.54) is 6.92 Å². The molecule has 0 spiro atoms. The lowest BCUT2D eigenvalue weighted by Crippen LogP contribution is -2.51. The summed E-state index contributed by atoms with van der Waals surface area (Å²) in [7, 11) is 3.09. The van der Waals surface area contributed by atoms with Crippen molar-refractivity contribution in [3.8, 4) is 39.9 Å². The highest BCUT2D eigenvalue weighted by molar-refractivity contribution is 6.14. The van der Waals surface area contributed by atoms with Gasteiger partial charge in [-0.3, -0.25) is 4.79 Å². The van der Waals surface area contributed by atoms with E-state index < -0.39 is 29.8 Å². The molecule has 1 N–H and O–H groups in total. The van der Waals surface area contributed by atoms with Gasteiger partial charge in [0.1, 0.15) is 18.0 Å². The number of rotatable bonds is 7. The lowest BCUT2D eigenvalue weighted by atomic mass is 9.89. The third kappa shape index (κ3) is 4.39. The van der Waals surface area contributed by atoms with Crippen molar-refractivity contribution in [3.63, 3.8) is 0 Å². The quantitative estimate of drug-likeness (QED) is 0.403. The second-order valence-corrected chi connectivity index (χ2v) is 11.3. The van der Waals surface area contributed by atoms with Gasteiger partial charge < -0.3 is 47.9 Å². The van der Waals surface area contributed by atoms with E-state index in [9.17, 15) is 9.59 Å². The van der Waals surface area contributed by atoms with E-state index in [0.717, 1.165) is 5.56 Å². The number of carbonyl (C=O) groups is 2. The van der Waals surface area contributed by atoms with E-state index in [2.05, 4.69) is 5.32 Å². The zero-order valence-corrected chi connectivity index (χ0v) is 24.4. The summed E-state index contributed by atoms with van der Waals surface area (Å²) in [6, 6.07) is 9.12. The molecule has 43 heavy (non-hydrogen) atoms. The van der Waals surface area contributed by atoms with E-state index in [4.69, 9.17) is 42.6 Å². The highest BCUT2D eigenvalue weighted by Crippen LogP contribution is 2.51. The van der Waals surface area contributed by atoms with Crippen LogP contribution in [0.25, 0.3) is 21.9 Å². The van der Waals surface area contributed by atoms with Gasteiger partial charge in [0, 0.05) is 23.4 Å². The summed E-state index contributed by atoms with van der Waals surface area (Å²) in [5.41, 5.74) is 1.30. The first kappa shape index (κ1) is 27.6. The Bertz CT molecular complexity index is 1670. The van der Waals surface area contributed by atoms with Crippen molar-refractivity contribution in [2.24, 2.45) is 0 Å². The van der Waals surface area contributed by atoms with Crippen molar-refractivity contribution in [3.05, 3.63) is 41.5 Å². The van der Waals surface area contributed by atoms with Crippen molar-refractivity contribution in [2.45, 2.75) is 51.2 Å². The number of hydrogen-bond acceptors (Lipinski definition) is 11. The van der Waals surface area contributed by atoms with Gasteiger partial charge in [-0.25, -0.2) is 4.79 Å². The van der Waals surface area contributed by atoms with Crippen LogP contribution in [0.2, 0.25) is 0 Å². The molecule has 1 amide bonds. The van der Waals surface area contributed by atoms with Crippen molar-refractivity contribution in [2.75, 3.05) is 34.2 Å². The zero-order valence-electron chi connectivity index (χ0n) is 24.4. The van der Waals surface area contributed by atoms with Crippen LogP contribution in [0.15, 0.2) is 30.3 Å². The molecule has 0 bridgehead atoms. The average Bonchev–Trinajstić information content (AvgIpc) is 3.74. The Balaban J connectivity index is 1.40.